The molecule has 1 aliphatic rings. The highest BCUT2D eigenvalue weighted by molar-refractivity contribution is 7.91. The van der Waals surface area contributed by atoms with Gasteiger partial charge < -0.3 is 0 Å². The van der Waals surface area contributed by atoms with E-state index in [2.05, 4.69) is 0 Å². The summed E-state index contributed by atoms with van der Waals surface area (Å²) >= 11 is 5.80. The van der Waals surface area contributed by atoms with E-state index < -0.39 is 20.9 Å². The van der Waals surface area contributed by atoms with Crippen LogP contribution < -0.4 is 0 Å². The van der Waals surface area contributed by atoms with Crippen LogP contribution in [0.4, 0.5) is 4.39 Å². The van der Waals surface area contributed by atoms with E-state index in [1.807, 2.05) is 6.07 Å². The van der Waals surface area contributed by atoms with Gasteiger partial charge in [-0.15, -0.1) is 0 Å². The number of rotatable bonds is 2. The molecule has 0 amide bonds. The molecular formula is C16H14ClFO2S. The highest BCUT2D eigenvalue weighted by Gasteiger charge is 2.34. The maximum absolute atomic E-state index is 14.1. The molecule has 3 rings (SSSR count). The van der Waals surface area contributed by atoms with Crippen LogP contribution in [0, 0.1) is 5.82 Å². The van der Waals surface area contributed by atoms with Crippen molar-refractivity contribution in [1.29, 1.82) is 0 Å². The van der Waals surface area contributed by atoms with E-state index in [4.69, 9.17) is 11.6 Å². The number of sulfone groups is 1. The fraction of sp³-hybridized carbons (Fsp3) is 0.250. The molecule has 0 spiro atoms. The Hall–Kier alpha value is -1.39. The van der Waals surface area contributed by atoms with Crippen LogP contribution in [0.15, 0.2) is 47.4 Å². The first-order valence-electron chi connectivity index (χ1n) is 6.77. The minimum atomic E-state index is -3.61. The average molecular weight is 325 g/mol. The van der Waals surface area contributed by atoms with Crippen LogP contribution in [-0.2, 0) is 16.3 Å². The summed E-state index contributed by atoms with van der Waals surface area (Å²) in [6, 6.07) is 10.8. The lowest BCUT2D eigenvalue weighted by molar-refractivity contribution is 0.535. The van der Waals surface area contributed by atoms with E-state index in [1.165, 1.54) is 18.2 Å². The van der Waals surface area contributed by atoms with Crippen molar-refractivity contribution in [3.05, 3.63) is 64.4 Å². The van der Waals surface area contributed by atoms with E-state index in [9.17, 15) is 12.8 Å². The van der Waals surface area contributed by atoms with Crippen molar-refractivity contribution in [3.8, 4) is 0 Å². The van der Waals surface area contributed by atoms with Crippen molar-refractivity contribution in [2.24, 2.45) is 0 Å². The molecule has 0 radical (unpaired) electrons. The van der Waals surface area contributed by atoms with Gasteiger partial charge in [-0.2, -0.15) is 0 Å². The van der Waals surface area contributed by atoms with Gasteiger partial charge >= 0.3 is 0 Å². The Balaban J connectivity index is 2.12. The van der Waals surface area contributed by atoms with Gasteiger partial charge in [0.25, 0.3) is 0 Å². The molecule has 21 heavy (non-hydrogen) atoms. The molecular weight excluding hydrogens is 311 g/mol. The quantitative estimate of drug-likeness (QED) is 0.824. The third-order valence-corrected chi connectivity index (χ3v) is 6.30. The van der Waals surface area contributed by atoms with Crippen molar-refractivity contribution in [3.63, 3.8) is 0 Å². The lowest BCUT2D eigenvalue weighted by Gasteiger charge is -2.26. The third kappa shape index (κ3) is 2.58. The van der Waals surface area contributed by atoms with Gasteiger partial charge in [0, 0.05) is 10.6 Å². The van der Waals surface area contributed by atoms with Gasteiger partial charge in [0.15, 0.2) is 9.84 Å². The highest BCUT2D eigenvalue weighted by atomic mass is 35.5. The van der Waals surface area contributed by atoms with Crippen LogP contribution in [0.3, 0.4) is 0 Å². The van der Waals surface area contributed by atoms with Gasteiger partial charge in [-0.05, 0) is 55.2 Å². The molecule has 2 nitrogen and oxygen atoms in total. The van der Waals surface area contributed by atoms with E-state index in [0.29, 0.717) is 17.0 Å². The second kappa shape index (κ2) is 5.43. The van der Waals surface area contributed by atoms with Crippen LogP contribution in [-0.4, -0.2) is 8.42 Å². The molecule has 0 bridgehead atoms. The highest BCUT2D eigenvalue weighted by Crippen LogP contribution is 2.40. The summed E-state index contributed by atoms with van der Waals surface area (Å²) in [5.74, 6) is -0.435. The minimum absolute atomic E-state index is 0.188. The van der Waals surface area contributed by atoms with Crippen molar-refractivity contribution >= 4 is 21.4 Å². The van der Waals surface area contributed by atoms with E-state index >= 15 is 0 Å². The molecule has 110 valence electrons. The number of hydrogen-bond acceptors (Lipinski definition) is 2. The Morgan fingerprint density at radius 2 is 1.81 bits per heavy atom. The summed E-state index contributed by atoms with van der Waals surface area (Å²) in [4.78, 5) is 0.188. The first kappa shape index (κ1) is 14.5. The number of hydrogen-bond donors (Lipinski definition) is 0. The van der Waals surface area contributed by atoms with E-state index in [-0.39, 0.29) is 4.90 Å². The summed E-state index contributed by atoms with van der Waals surface area (Å²) in [5, 5.41) is -0.340. The van der Waals surface area contributed by atoms with Crippen molar-refractivity contribution in [2.45, 2.75) is 29.4 Å². The number of halogens is 2. The van der Waals surface area contributed by atoms with Crippen LogP contribution >= 0.6 is 11.6 Å². The largest absolute Gasteiger partial charge is 0.223 e. The molecule has 1 atom stereocenters. The topological polar surface area (TPSA) is 34.1 Å². The summed E-state index contributed by atoms with van der Waals surface area (Å²) in [5.41, 5.74) is 1.13. The molecule has 0 saturated carbocycles. The number of aryl methyl sites for hydroxylation is 1. The fourth-order valence-corrected chi connectivity index (χ4v) is 4.90. The molecule has 1 unspecified atom stereocenters. The summed E-state index contributed by atoms with van der Waals surface area (Å²) in [7, 11) is -3.61. The van der Waals surface area contributed by atoms with Gasteiger partial charge in [0.1, 0.15) is 5.82 Å². The molecule has 5 heteroatoms. The Bertz CT molecular complexity index is 769. The van der Waals surface area contributed by atoms with Crippen LogP contribution in [0.1, 0.15) is 29.2 Å². The van der Waals surface area contributed by atoms with Gasteiger partial charge in [-0.25, -0.2) is 12.8 Å². The van der Waals surface area contributed by atoms with Crippen LogP contribution in [0.5, 0.6) is 0 Å². The molecule has 2 aromatic rings. The van der Waals surface area contributed by atoms with Gasteiger partial charge in [0.2, 0.25) is 0 Å². The number of benzene rings is 2. The zero-order chi connectivity index (χ0) is 15.0. The SMILES string of the molecule is O=S(=O)(c1ccc(Cl)cc1)C1CCCc2cccc(F)c21. The molecule has 0 aliphatic heterocycles. The van der Waals surface area contributed by atoms with Crippen LogP contribution in [0.25, 0.3) is 0 Å². The molecule has 0 saturated heterocycles. The summed E-state index contributed by atoms with van der Waals surface area (Å²) in [6.45, 7) is 0. The monoisotopic (exact) mass is 324 g/mol. The normalized spacial score (nSPS) is 18.3. The molecule has 0 fully saturated rings. The Morgan fingerprint density at radius 1 is 1.10 bits per heavy atom. The second-order valence-electron chi connectivity index (χ2n) is 5.19. The predicted octanol–water partition coefficient (Wildman–Crippen LogP) is 4.33. The average Bonchev–Trinajstić information content (AvgIpc) is 2.47. The molecule has 0 heterocycles. The van der Waals surface area contributed by atoms with E-state index in [1.54, 1.807) is 18.2 Å². The second-order valence-corrected chi connectivity index (χ2v) is 7.76. The van der Waals surface area contributed by atoms with E-state index in [0.717, 1.165) is 18.4 Å². The van der Waals surface area contributed by atoms with Crippen molar-refractivity contribution in [2.75, 3.05) is 0 Å². The maximum atomic E-state index is 14.1. The third-order valence-electron chi connectivity index (χ3n) is 3.89. The van der Waals surface area contributed by atoms with Gasteiger partial charge in [-0.1, -0.05) is 23.7 Å². The first-order valence-corrected chi connectivity index (χ1v) is 8.69. The lowest BCUT2D eigenvalue weighted by atomic mass is 9.91. The first-order chi connectivity index (χ1) is 10.00. The molecule has 1 aliphatic carbocycles. The van der Waals surface area contributed by atoms with Gasteiger partial charge in [0.05, 0.1) is 10.1 Å². The van der Waals surface area contributed by atoms with Crippen molar-refractivity contribution in [1.82, 2.24) is 0 Å². The molecule has 0 aromatic heterocycles. The zero-order valence-electron chi connectivity index (χ0n) is 11.2. The fourth-order valence-electron chi connectivity index (χ4n) is 2.88. The smallest absolute Gasteiger partial charge is 0.185 e. The van der Waals surface area contributed by atoms with Crippen LogP contribution in [0.2, 0.25) is 5.02 Å². The molecule has 2 aromatic carbocycles. The Morgan fingerprint density at radius 3 is 2.52 bits per heavy atom. The summed E-state index contributed by atoms with van der Waals surface area (Å²) in [6.07, 6.45) is 1.91. The molecule has 0 N–H and O–H groups in total. The van der Waals surface area contributed by atoms with Gasteiger partial charge in [-0.3, -0.25) is 0 Å². The Kier molecular flexibility index (Phi) is 3.76. The zero-order valence-corrected chi connectivity index (χ0v) is 12.8. The predicted molar refractivity (Wildman–Crippen MR) is 80.7 cm³/mol. The number of fused-ring (bicyclic) bond motifs is 1. The minimum Gasteiger partial charge on any atom is -0.223 e. The maximum Gasteiger partial charge on any atom is 0.185 e. The Labute approximate surface area is 128 Å². The standard InChI is InChI=1S/C16H14ClFO2S/c17-12-7-9-13(10-8-12)21(19,20)15-6-2-4-11-3-1-5-14(18)16(11)15/h1,3,5,7-10,15H,2,4,6H2. The van der Waals surface area contributed by atoms with Crippen molar-refractivity contribution < 1.29 is 12.8 Å². The summed E-state index contributed by atoms with van der Waals surface area (Å²) < 4.78 is 39.8. The lowest BCUT2D eigenvalue weighted by Crippen LogP contribution is -2.20.